The van der Waals surface area contributed by atoms with E-state index >= 15 is 0 Å². The minimum atomic E-state index is -0.0890. The molecular formula is C23H21N5O2. The Morgan fingerprint density at radius 3 is 2.77 bits per heavy atom. The van der Waals surface area contributed by atoms with Crippen molar-refractivity contribution in [3.05, 3.63) is 87.8 Å². The van der Waals surface area contributed by atoms with Crippen LogP contribution in [0.3, 0.4) is 0 Å². The van der Waals surface area contributed by atoms with Gasteiger partial charge in [0.05, 0.1) is 11.3 Å². The first-order chi connectivity index (χ1) is 14.7. The molecule has 0 atom stereocenters. The standard InChI is InChI=1S/C23H21N5O2/c1-15-18(21(27-30-15)16-6-3-2-4-7-16)13-28-11-9-20-19(14-28)23(29)26-22(25-20)17-8-5-10-24-12-17/h2-8,10,12H,9,11,13-14H2,1H3,(H,25,26,29). The fourth-order valence-corrected chi connectivity index (χ4v) is 3.88. The summed E-state index contributed by atoms with van der Waals surface area (Å²) in [5.41, 5.74) is 5.26. The average Bonchev–Trinajstić information content (AvgIpc) is 3.15. The minimum Gasteiger partial charge on any atom is -0.361 e. The molecule has 0 bridgehead atoms. The number of aromatic amines is 1. The van der Waals surface area contributed by atoms with E-state index in [-0.39, 0.29) is 5.56 Å². The number of hydrogen-bond acceptors (Lipinski definition) is 6. The smallest absolute Gasteiger partial charge is 0.255 e. The number of fused-ring (bicyclic) bond motifs is 1. The minimum absolute atomic E-state index is 0.0890. The fourth-order valence-electron chi connectivity index (χ4n) is 3.88. The molecule has 1 aliphatic rings. The molecule has 4 aromatic rings. The van der Waals surface area contributed by atoms with Crippen molar-refractivity contribution in [2.24, 2.45) is 0 Å². The number of benzene rings is 1. The molecule has 3 aromatic heterocycles. The zero-order valence-electron chi connectivity index (χ0n) is 16.6. The molecule has 7 heteroatoms. The summed E-state index contributed by atoms with van der Waals surface area (Å²) >= 11 is 0. The molecule has 5 rings (SSSR count). The number of hydrogen-bond donors (Lipinski definition) is 1. The maximum absolute atomic E-state index is 12.8. The first kappa shape index (κ1) is 18.4. The van der Waals surface area contributed by atoms with E-state index in [0.717, 1.165) is 52.4 Å². The summed E-state index contributed by atoms with van der Waals surface area (Å²) in [5, 5.41) is 4.27. The lowest BCUT2D eigenvalue weighted by atomic mass is 10.0. The first-order valence-electron chi connectivity index (χ1n) is 9.94. The zero-order chi connectivity index (χ0) is 20.5. The summed E-state index contributed by atoms with van der Waals surface area (Å²) in [6.45, 7) is 3.96. The Hall–Kier alpha value is -3.58. The van der Waals surface area contributed by atoms with E-state index in [1.54, 1.807) is 12.4 Å². The van der Waals surface area contributed by atoms with E-state index in [9.17, 15) is 4.79 Å². The SMILES string of the molecule is Cc1onc(-c2ccccc2)c1CN1CCc2nc(-c3cccnc3)[nH]c(=O)c2C1. The molecule has 4 heterocycles. The van der Waals surface area contributed by atoms with Crippen LogP contribution in [0.25, 0.3) is 22.6 Å². The van der Waals surface area contributed by atoms with Crippen LogP contribution < -0.4 is 5.56 Å². The quantitative estimate of drug-likeness (QED) is 0.566. The van der Waals surface area contributed by atoms with E-state index in [2.05, 4.69) is 20.0 Å². The Balaban J connectivity index is 1.41. The third kappa shape index (κ3) is 3.44. The molecule has 1 N–H and O–H groups in total. The van der Waals surface area contributed by atoms with Gasteiger partial charge in [-0.15, -0.1) is 0 Å². The molecule has 150 valence electrons. The molecule has 0 aliphatic carbocycles. The molecule has 7 nitrogen and oxygen atoms in total. The van der Waals surface area contributed by atoms with Gasteiger partial charge in [-0.25, -0.2) is 4.98 Å². The van der Waals surface area contributed by atoms with Crippen LogP contribution in [0, 0.1) is 6.92 Å². The van der Waals surface area contributed by atoms with Gasteiger partial charge in [-0.05, 0) is 19.1 Å². The number of rotatable bonds is 4. The van der Waals surface area contributed by atoms with Crippen molar-refractivity contribution >= 4 is 0 Å². The van der Waals surface area contributed by atoms with Gasteiger partial charge >= 0.3 is 0 Å². The maximum atomic E-state index is 12.8. The van der Waals surface area contributed by atoms with Crippen molar-refractivity contribution in [1.82, 2.24) is 25.0 Å². The molecule has 0 spiro atoms. The van der Waals surface area contributed by atoms with Crippen molar-refractivity contribution in [2.45, 2.75) is 26.4 Å². The van der Waals surface area contributed by atoms with E-state index in [1.807, 2.05) is 49.4 Å². The molecule has 1 aliphatic heterocycles. The van der Waals surface area contributed by atoms with Crippen LogP contribution in [0.5, 0.6) is 0 Å². The topological polar surface area (TPSA) is 87.9 Å². The summed E-state index contributed by atoms with van der Waals surface area (Å²) in [4.78, 5) is 26.8. The number of pyridine rings is 1. The lowest BCUT2D eigenvalue weighted by Crippen LogP contribution is -2.35. The van der Waals surface area contributed by atoms with Gasteiger partial charge in [0.15, 0.2) is 0 Å². The highest BCUT2D eigenvalue weighted by Crippen LogP contribution is 2.28. The highest BCUT2D eigenvalue weighted by Gasteiger charge is 2.24. The third-order valence-corrected chi connectivity index (χ3v) is 5.50. The summed E-state index contributed by atoms with van der Waals surface area (Å²) in [7, 11) is 0. The maximum Gasteiger partial charge on any atom is 0.255 e. The van der Waals surface area contributed by atoms with E-state index < -0.39 is 0 Å². The summed E-state index contributed by atoms with van der Waals surface area (Å²) in [6, 6.07) is 13.8. The predicted octanol–water partition coefficient (Wildman–Crippen LogP) is 3.35. The summed E-state index contributed by atoms with van der Waals surface area (Å²) < 4.78 is 5.49. The van der Waals surface area contributed by atoms with E-state index in [0.29, 0.717) is 18.9 Å². The monoisotopic (exact) mass is 399 g/mol. The van der Waals surface area contributed by atoms with Crippen LogP contribution >= 0.6 is 0 Å². The molecule has 0 fully saturated rings. The van der Waals surface area contributed by atoms with Crippen LogP contribution in [-0.4, -0.2) is 31.6 Å². The van der Waals surface area contributed by atoms with Crippen LogP contribution in [0.2, 0.25) is 0 Å². The Bertz CT molecular complexity index is 1230. The zero-order valence-corrected chi connectivity index (χ0v) is 16.6. The number of aromatic nitrogens is 4. The van der Waals surface area contributed by atoms with E-state index in [4.69, 9.17) is 9.51 Å². The second-order valence-electron chi connectivity index (χ2n) is 7.47. The van der Waals surface area contributed by atoms with Crippen molar-refractivity contribution < 1.29 is 4.52 Å². The second kappa shape index (κ2) is 7.68. The van der Waals surface area contributed by atoms with Crippen LogP contribution in [0.1, 0.15) is 22.6 Å². The molecule has 30 heavy (non-hydrogen) atoms. The van der Waals surface area contributed by atoms with Gasteiger partial charge in [-0.2, -0.15) is 0 Å². The van der Waals surface area contributed by atoms with Gasteiger partial charge in [0.25, 0.3) is 5.56 Å². The average molecular weight is 399 g/mol. The van der Waals surface area contributed by atoms with Gasteiger partial charge in [-0.1, -0.05) is 35.5 Å². The highest BCUT2D eigenvalue weighted by molar-refractivity contribution is 5.63. The van der Waals surface area contributed by atoms with Crippen LogP contribution in [0.15, 0.2) is 64.2 Å². The van der Waals surface area contributed by atoms with Gasteiger partial charge < -0.3 is 9.51 Å². The Morgan fingerprint density at radius 1 is 1.13 bits per heavy atom. The Morgan fingerprint density at radius 2 is 1.97 bits per heavy atom. The molecule has 0 unspecified atom stereocenters. The second-order valence-corrected chi connectivity index (χ2v) is 7.47. The van der Waals surface area contributed by atoms with E-state index in [1.165, 1.54) is 0 Å². The Kier molecular flexibility index (Phi) is 4.72. The van der Waals surface area contributed by atoms with Crippen molar-refractivity contribution in [3.63, 3.8) is 0 Å². The highest BCUT2D eigenvalue weighted by atomic mass is 16.5. The lowest BCUT2D eigenvalue weighted by Gasteiger charge is -2.27. The molecule has 0 saturated carbocycles. The summed E-state index contributed by atoms with van der Waals surface area (Å²) in [6.07, 6.45) is 4.13. The molecule has 0 saturated heterocycles. The molecule has 0 radical (unpaired) electrons. The normalized spacial score (nSPS) is 13.9. The lowest BCUT2D eigenvalue weighted by molar-refractivity contribution is 0.240. The van der Waals surface area contributed by atoms with Gasteiger partial charge in [0, 0.05) is 55.1 Å². The molecule has 0 amide bonds. The fraction of sp³-hybridized carbons (Fsp3) is 0.217. The number of nitrogens with zero attached hydrogens (tertiary/aromatic N) is 4. The van der Waals surface area contributed by atoms with Crippen LogP contribution in [0.4, 0.5) is 0 Å². The van der Waals surface area contributed by atoms with Crippen molar-refractivity contribution in [3.8, 4) is 22.6 Å². The third-order valence-electron chi connectivity index (χ3n) is 5.50. The largest absolute Gasteiger partial charge is 0.361 e. The van der Waals surface area contributed by atoms with Gasteiger partial charge in [0.2, 0.25) is 0 Å². The molecular weight excluding hydrogens is 378 g/mol. The summed E-state index contributed by atoms with van der Waals surface area (Å²) in [5.74, 6) is 1.38. The number of H-pyrrole nitrogens is 1. The molecule has 1 aromatic carbocycles. The van der Waals surface area contributed by atoms with Gasteiger partial charge in [0.1, 0.15) is 17.3 Å². The van der Waals surface area contributed by atoms with Crippen molar-refractivity contribution in [2.75, 3.05) is 6.54 Å². The van der Waals surface area contributed by atoms with Gasteiger partial charge in [-0.3, -0.25) is 14.7 Å². The number of nitrogens with one attached hydrogen (secondary N) is 1. The number of aryl methyl sites for hydroxylation is 1. The predicted molar refractivity (Wildman–Crippen MR) is 113 cm³/mol. The Labute approximate surface area is 173 Å². The van der Waals surface area contributed by atoms with Crippen LogP contribution in [-0.2, 0) is 19.5 Å². The first-order valence-corrected chi connectivity index (χ1v) is 9.94. The van der Waals surface area contributed by atoms with Crippen molar-refractivity contribution in [1.29, 1.82) is 0 Å².